The molecule has 126 valence electrons. The van der Waals surface area contributed by atoms with Gasteiger partial charge in [-0.25, -0.2) is 4.79 Å². The molecule has 1 aromatic carbocycles. The van der Waals surface area contributed by atoms with E-state index in [-0.39, 0.29) is 18.1 Å². The lowest BCUT2D eigenvalue weighted by atomic mass is 9.97. The van der Waals surface area contributed by atoms with E-state index in [9.17, 15) is 4.79 Å². The zero-order valence-electron chi connectivity index (χ0n) is 14.0. The fourth-order valence-electron chi connectivity index (χ4n) is 3.28. The van der Waals surface area contributed by atoms with Crippen LogP contribution in [0.25, 0.3) is 11.0 Å². The molecule has 0 amide bonds. The first kappa shape index (κ1) is 17.8. The third-order valence-corrected chi connectivity index (χ3v) is 4.67. The summed E-state index contributed by atoms with van der Waals surface area (Å²) in [6.45, 7) is 1.88. The predicted octanol–water partition coefficient (Wildman–Crippen LogP) is 3.28. The number of imidazole rings is 1. The van der Waals surface area contributed by atoms with E-state index in [0.717, 1.165) is 30.5 Å². The fourth-order valence-corrected chi connectivity index (χ4v) is 3.28. The SMILES string of the molecule is Cl.Cn1c(=O)n(C)c2cc(CNCCC3=CCCCC3)ccc21. The smallest absolute Gasteiger partial charge is 0.312 e. The lowest BCUT2D eigenvalue weighted by Gasteiger charge is -2.13. The van der Waals surface area contributed by atoms with E-state index < -0.39 is 0 Å². The zero-order valence-corrected chi connectivity index (χ0v) is 14.8. The van der Waals surface area contributed by atoms with E-state index in [1.807, 2.05) is 20.2 Å². The van der Waals surface area contributed by atoms with Gasteiger partial charge < -0.3 is 5.32 Å². The molecule has 0 radical (unpaired) electrons. The Bertz CT molecular complexity index is 757. The molecule has 2 aromatic rings. The Hall–Kier alpha value is -1.52. The first-order valence-electron chi connectivity index (χ1n) is 8.20. The second kappa shape index (κ2) is 7.84. The van der Waals surface area contributed by atoms with Gasteiger partial charge >= 0.3 is 5.69 Å². The van der Waals surface area contributed by atoms with Gasteiger partial charge in [0, 0.05) is 20.6 Å². The van der Waals surface area contributed by atoms with Crippen molar-refractivity contribution in [2.75, 3.05) is 6.54 Å². The molecular weight excluding hydrogens is 310 g/mol. The zero-order chi connectivity index (χ0) is 15.5. The second-order valence-corrected chi connectivity index (χ2v) is 6.26. The summed E-state index contributed by atoms with van der Waals surface area (Å²) in [6.07, 6.45) is 8.81. The number of hydrogen-bond acceptors (Lipinski definition) is 2. The molecular formula is C18H26ClN3O. The van der Waals surface area contributed by atoms with Crippen LogP contribution in [-0.2, 0) is 20.6 Å². The lowest BCUT2D eigenvalue weighted by Crippen LogP contribution is -2.19. The van der Waals surface area contributed by atoms with Crippen molar-refractivity contribution < 1.29 is 0 Å². The van der Waals surface area contributed by atoms with Gasteiger partial charge in [-0.3, -0.25) is 9.13 Å². The number of allylic oxidation sites excluding steroid dienone is 1. The molecule has 0 fully saturated rings. The number of aryl methyl sites for hydroxylation is 2. The summed E-state index contributed by atoms with van der Waals surface area (Å²) in [5.74, 6) is 0. The van der Waals surface area contributed by atoms with Crippen molar-refractivity contribution >= 4 is 23.4 Å². The Kier molecular flexibility index (Phi) is 6.08. The first-order chi connectivity index (χ1) is 10.7. The molecule has 1 aliphatic rings. The first-order valence-corrected chi connectivity index (χ1v) is 8.20. The number of nitrogens with zero attached hydrogens (tertiary/aromatic N) is 2. The summed E-state index contributed by atoms with van der Waals surface area (Å²) in [5, 5.41) is 3.52. The molecule has 1 N–H and O–H groups in total. The quantitative estimate of drug-likeness (QED) is 0.672. The molecule has 0 saturated heterocycles. The predicted molar refractivity (Wildman–Crippen MR) is 98.3 cm³/mol. The van der Waals surface area contributed by atoms with Gasteiger partial charge in [-0.1, -0.05) is 17.7 Å². The van der Waals surface area contributed by atoms with E-state index in [0.29, 0.717) is 0 Å². The maximum absolute atomic E-state index is 11.9. The molecule has 0 saturated carbocycles. The van der Waals surface area contributed by atoms with Crippen LogP contribution in [0.15, 0.2) is 34.6 Å². The van der Waals surface area contributed by atoms with Crippen LogP contribution in [0.4, 0.5) is 0 Å². The van der Waals surface area contributed by atoms with E-state index in [4.69, 9.17) is 0 Å². The maximum Gasteiger partial charge on any atom is 0.328 e. The van der Waals surface area contributed by atoms with E-state index >= 15 is 0 Å². The molecule has 0 unspecified atom stereocenters. The van der Waals surface area contributed by atoms with Crippen molar-refractivity contribution in [2.24, 2.45) is 14.1 Å². The number of halogens is 1. The van der Waals surface area contributed by atoms with E-state index in [1.54, 1.807) is 14.7 Å². The number of hydrogen-bond donors (Lipinski definition) is 1. The minimum Gasteiger partial charge on any atom is -0.312 e. The van der Waals surface area contributed by atoms with Gasteiger partial charge in [0.2, 0.25) is 0 Å². The highest BCUT2D eigenvalue weighted by molar-refractivity contribution is 5.85. The molecule has 0 spiro atoms. The van der Waals surface area contributed by atoms with Crippen molar-refractivity contribution in [3.8, 4) is 0 Å². The number of fused-ring (bicyclic) bond motifs is 1. The number of nitrogens with one attached hydrogen (secondary N) is 1. The van der Waals surface area contributed by atoms with E-state index in [2.05, 4.69) is 23.5 Å². The van der Waals surface area contributed by atoms with Crippen molar-refractivity contribution in [2.45, 2.75) is 38.6 Å². The topological polar surface area (TPSA) is 39.0 Å². The van der Waals surface area contributed by atoms with Crippen LogP contribution in [0.5, 0.6) is 0 Å². The van der Waals surface area contributed by atoms with Gasteiger partial charge in [-0.05, 0) is 56.3 Å². The summed E-state index contributed by atoms with van der Waals surface area (Å²) >= 11 is 0. The molecule has 23 heavy (non-hydrogen) atoms. The summed E-state index contributed by atoms with van der Waals surface area (Å²) in [6, 6.07) is 6.26. The van der Waals surface area contributed by atoms with Gasteiger partial charge in [0.15, 0.2) is 0 Å². The van der Waals surface area contributed by atoms with Gasteiger partial charge in [-0.2, -0.15) is 0 Å². The highest BCUT2D eigenvalue weighted by Gasteiger charge is 2.08. The minimum atomic E-state index is 0. The molecule has 3 rings (SSSR count). The second-order valence-electron chi connectivity index (χ2n) is 6.26. The third-order valence-electron chi connectivity index (χ3n) is 4.67. The van der Waals surface area contributed by atoms with Crippen molar-refractivity contribution in [1.82, 2.24) is 14.5 Å². The van der Waals surface area contributed by atoms with E-state index in [1.165, 1.54) is 31.2 Å². The Morgan fingerprint density at radius 3 is 2.65 bits per heavy atom. The summed E-state index contributed by atoms with van der Waals surface area (Å²) in [5.41, 5.74) is 4.86. The standard InChI is InChI=1S/C18H25N3O.ClH/c1-20-16-9-8-15(12-17(16)21(2)18(20)22)13-19-11-10-14-6-4-3-5-7-14;/h6,8-9,12,19H,3-5,7,10-11,13H2,1-2H3;1H. The molecule has 1 heterocycles. The molecule has 5 heteroatoms. The molecule has 1 aromatic heterocycles. The Labute approximate surface area is 143 Å². The summed E-state index contributed by atoms with van der Waals surface area (Å²) < 4.78 is 3.41. The van der Waals surface area contributed by atoms with Crippen molar-refractivity contribution in [1.29, 1.82) is 0 Å². The minimum absolute atomic E-state index is 0. The molecule has 0 atom stereocenters. The Balaban J connectivity index is 0.00000192. The van der Waals surface area contributed by atoms with Crippen molar-refractivity contribution in [3.63, 3.8) is 0 Å². The Morgan fingerprint density at radius 1 is 1.13 bits per heavy atom. The maximum atomic E-state index is 11.9. The number of aromatic nitrogens is 2. The summed E-state index contributed by atoms with van der Waals surface area (Å²) in [4.78, 5) is 11.9. The highest BCUT2D eigenvalue weighted by atomic mass is 35.5. The van der Waals surface area contributed by atoms with Crippen LogP contribution in [-0.4, -0.2) is 15.7 Å². The van der Waals surface area contributed by atoms with Crippen LogP contribution < -0.4 is 11.0 Å². The van der Waals surface area contributed by atoms with Gasteiger partial charge in [0.05, 0.1) is 11.0 Å². The number of benzene rings is 1. The van der Waals surface area contributed by atoms with Crippen LogP contribution in [0, 0.1) is 0 Å². The third kappa shape index (κ3) is 3.88. The van der Waals surface area contributed by atoms with Crippen LogP contribution in [0.2, 0.25) is 0 Å². The van der Waals surface area contributed by atoms with Crippen molar-refractivity contribution in [3.05, 3.63) is 45.9 Å². The van der Waals surface area contributed by atoms with Crippen LogP contribution in [0.3, 0.4) is 0 Å². The number of rotatable bonds is 5. The molecule has 1 aliphatic carbocycles. The van der Waals surface area contributed by atoms with Crippen LogP contribution >= 0.6 is 12.4 Å². The van der Waals surface area contributed by atoms with Gasteiger partial charge in [0.1, 0.15) is 0 Å². The normalized spacial score (nSPS) is 14.6. The van der Waals surface area contributed by atoms with Crippen LogP contribution in [0.1, 0.15) is 37.7 Å². The fraction of sp³-hybridized carbons (Fsp3) is 0.500. The monoisotopic (exact) mass is 335 g/mol. The largest absolute Gasteiger partial charge is 0.328 e. The van der Waals surface area contributed by atoms with Gasteiger partial charge in [-0.15, -0.1) is 12.4 Å². The highest BCUT2D eigenvalue weighted by Crippen LogP contribution is 2.19. The molecule has 0 bridgehead atoms. The van der Waals surface area contributed by atoms with Gasteiger partial charge in [0.25, 0.3) is 0 Å². The lowest BCUT2D eigenvalue weighted by molar-refractivity contribution is 0.632. The Morgan fingerprint density at radius 2 is 1.91 bits per heavy atom. The average Bonchev–Trinajstić information content (AvgIpc) is 2.77. The molecule has 0 aliphatic heterocycles. The summed E-state index contributed by atoms with van der Waals surface area (Å²) in [7, 11) is 3.65. The average molecular weight is 336 g/mol. The molecule has 4 nitrogen and oxygen atoms in total.